The number of nitro groups is 1. The van der Waals surface area contributed by atoms with Crippen molar-refractivity contribution in [1.82, 2.24) is 5.32 Å². The lowest BCUT2D eigenvalue weighted by Gasteiger charge is -2.07. The summed E-state index contributed by atoms with van der Waals surface area (Å²) in [5, 5.41) is 13.7. The minimum Gasteiger partial charge on any atom is -0.419 e. The number of ether oxygens (including phenoxy) is 1. The van der Waals surface area contributed by atoms with Crippen molar-refractivity contribution >= 4 is 17.6 Å². The van der Waals surface area contributed by atoms with Crippen molar-refractivity contribution in [2.24, 2.45) is 0 Å². The Kier molecular flexibility index (Phi) is 5.78. The van der Waals surface area contributed by atoms with Gasteiger partial charge in [0, 0.05) is 18.2 Å². The van der Waals surface area contributed by atoms with Crippen molar-refractivity contribution in [3.8, 4) is 5.75 Å². The van der Waals surface area contributed by atoms with E-state index in [1.54, 1.807) is 6.92 Å². The molecule has 0 fully saturated rings. The van der Waals surface area contributed by atoms with Gasteiger partial charge in [0.15, 0.2) is 0 Å². The van der Waals surface area contributed by atoms with E-state index in [1.165, 1.54) is 36.4 Å². The zero-order valence-corrected chi connectivity index (χ0v) is 13.3. The molecule has 130 valence electrons. The molecular weight excluding hydrogens is 331 g/mol. The summed E-state index contributed by atoms with van der Waals surface area (Å²) >= 11 is 0. The quantitative estimate of drug-likeness (QED) is 0.375. The van der Waals surface area contributed by atoms with E-state index in [-0.39, 0.29) is 17.7 Å². The lowest BCUT2D eigenvalue weighted by atomic mass is 10.1. The molecule has 0 spiro atoms. The van der Waals surface area contributed by atoms with Crippen LogP contribution < -0.4 is 10.1 Å². The van der Waals surface area contributed by atoms with E-state index in [2.05, 4.69) is 5.32 Å². The Morgan fingerprint density at radius 1 is 1.20 bits per heavy atom. The number of nitro benzene ring substituents is 1. The van der Waals surface area contributed by atoms with Gasteiger partial charge in [-0.05, 0) is 36.8 Å². The Hall–Kier alpha value is -3.29. The Balaban J connectivity index is 2.17. The van der Waals surface area contributed by atoms with Crippen molar-refractivity contribution < 1.29 is 23.6 Å². The first-order valence-corrected chi connectivity index (χ1v) is 7.42. The highest BCUT2D eigenvalue weighted by molar-refractivity contribution is 5.95. The van der Waals surface area contributed by atoms with Crippen LogP contribution in [0.15, 0.2) is 42.5 Å². The molecular formula is C17H15FN2O5. The highest BCUT2D eigenvalue weighted by atomic mass is 19.1. The average molecular weight is 346 g/mol. The number of halogens is 1. The highest BCUT2D eigenvalue weighted by Gasteiger charge is 2.21. The summed E-state index contributed by atoms with van der Waals surface area (Å²) in [6.07, 6.45) is -0.171. The van der Waals surface area contributed by atoms with Gasteiger partial charge in [-0.2, -0.15) is 0 Å². The molecule has 0 aromatic heterocycles. The predicted octanol–water partition coefficient (Wildman–Crippen LogP) is 2.63. The summed E-state index contributed by atoms with van der Waals surface area (Å²) in [6.45, 7) is 2.10. The third-order valence-electron chi connectivity index (χ3n) is 3.24. The first kappa shape index (κ1) is 18.1. The van der Waals surface area contributed by atoms with Gasteiger partial charge in [0.05, 0.1) is 11.3 Å². The van der Waals surface area contributed by atoms with Crippen molar-refractivity contribution in [3.63, 3.8) is 0 Å². The predicted molar refractivity (Wildman–Crippen MR) is 86.8 cm³/mol. The van der Waals surface area contributed by atoms with Crippen molar-refractivity contribution in [3.05, 3.63) is 69.5 Å². The summed E-state index contributed by atoms with van der Waals surface area (Å²) in [7, 11) is 0. The van der Waals surface area contributed by atoms with Crippen LogP contribution in [-0.4, -0.2) is 23.3 Å². The lowest BCUT2D eigenvalue weighted by Crippen LogP contribution is -2.22. The normalized spacial score (nSPS) is 10.2. The number of carbonyl (C=O) groups is 2. The molecule has 1 N–H and O–H groups in total. The maximum atomic E-state index is 12.8. The Bertz CT molecular complexity index is 805. The maximum absolute atomic E-state index is 12.8. The molecule has 0 radical (unpaired) electrons. The van der Waals surface area contributed by atoms with Gasteiger partial charge >= 0.3 is 11.7 Å². The topological polar surface area (TPSA) is 98.5 Å². The van der Waals surface area contributed by atoms with Crippen molar-refractivity contribution in [1.29, 1.82) is 0 Å². The molecule has 2 aromatic rings. The van der Waals surface area contributed by atoms with Gasteiger partial charge in [0.2, 0.25) is 5.75 Å². The maximum Gasteiger partial charge on any atom is 0.315 e. The fourth-order valence-corrected chi connectivity index (χ4v) is 2.08. The average Bonchev–Trinajstić information content (AvgIpc) is 2.57. The molecule has 0 saturated carbocycles. The number of nitrogens with zero attached hydrogens (tertiary/aromatic N) is 1. The van der Waals surface area contributed by atoms with Gasteiger partial charge in [-0.15, -0.1) is 0 Å². The van der Waals surface area contributed by atoms with Gasteiger partial charge in [-0.25, -0.2) is 4.39 Å². The first-order valence-electron chi connectivity index (χ1n) is 7.42. The van der Waals surface area contributed by atoms with Gasteiger partial charge in [-0.1, -0.05) is 12.1 Å². The van der Waals surface area contributed by atoms with Crippen LogP contribution >= 0.6 is 0 Å². The largest absolute Gasteiger partial charge is 0.419 e. The molecule has 0 unspecified atom stereocenters. The third kappa shape index (κ3) is 4.84. The van der Waals surface area contributed by atoms with Crippen LogP contribution in [0, 0.1) is 15.9 Å². The van der Waals surface area contributed by atoms with Crippen LogP contribution in [0.2, 0.25) is 0 Å². The number of esters is 1. The second-order valence-corrected chi connectivity index (χ2v) is 5.08. The molecule has 7 nitrogen and oxygen atoms in total. The van der Waals surface area contributed by atoms with E-state index in [4.69, 9.17) is 4.74 Å². The van der Waals surface area contributed by atoms with Crippen LogP contribution in [0.1, 0.15) is 22.8 Å². The molecule has 0 aliphatic heterocycles. The monoisotopic (exact) mass is 346 g/mol. The molecule has 0 aliphatic rings. The second kappa shape index (κ2) is 8.00. The molecule has 0 saturated heterocycles. The molecule has 2 rings (SSSR count). The fourth-order valence-electron chi connectivity index (χ4n) is 2.08. The minimum absolute atomic E-state index is 0.0897. The van der Waals surface area contributed by atoms with E-state index in [0.29, 0.717) is 12.1 Å². The Morgan fingerprint density at radius 2 is 1.88 bits per heavy atom. The molecule has 25 heavy (non-hydrogen) atoms. The van der Waals surface area contributed by atoms with Gasteiger partial charge in [0.1, 0.15) is 5.82 Å². The van der Waals surface area contributed by atoms with Crippen LogP contribution in [0.4, 0.5) is 10.1 Å². The molecule has 0 atom stereocenters. The van der Waals surface area contributed by atoms with Crippen molar-refractivity contribution in [2.45, 2.75) is 13.3 Å². The summed E-state index contributed by atoms with van der Waals surface area (Å²) in [5.41, 5.74) is 0.107. The molecule has 0 aliphatic carbocycles. The number of benzene rings is 2. The van der Waals surface area contributed by atoms with Crippen molar-refractivity contribution in [2.75, 3.05) is 6.54 Å². The molecule has 2 aromatic carbocycles. The third-order valence-corrected chi connectivity index (χ3v) is 3.24. The number of carbonyl (C=O) groups excluding carboxylic acids is 2. The lowest BCUT2D eigenvalue weighted by molar-refractivity contribution is -0.385. The van der Waals surface area contributed by atoms with Gasteiger partial charge in [0.25, 0.3) is 5.91 Å². The highest BCUT2D eigenvalue weighted by Crippen LogP contribution is 2.28. The zero-order chi connectivity index (χ0) is 18.4. The summed E-state index contributed by atoms with van der Waals surface area (Å²) in [5.74, 6) is -1.89. The second-order valence-electron chi connectivity index (χ2n) is 5.08. The van der Waals surface area contributed by atoms with Gasteiger partial charge < -0.3 is 10.1 Å². The van der Waals surface area contributed by atoms with E-state index >= 15 is 0 Å². The molecule has 0 bridgehead atoms. The standard InChI is InChI=1S/C17H15FN2O5/c1-2-19-17(22)12-5-8-15(14(10-12)20(23)24)25-16(21)9-11-3-6-13(18)7-4-11/h3-8,10H,2,9H2,1H3,(H,19,22). The van der Waals surface area contributed by atoms with Crippen LogP contribution in [0.5, 0.6) is 5.75 Å². The Morgan fingerprint density at radius 3 is 2.48 bits per heavy atom. The smallest absolute Gasteiger partial charge is 0.315 e. The number of nitrogens with one attached hydrogen (secondary N) is 1. The molecule has 1 amide bonds. The minimum atomic E-state index is -0.736. The van der Waals surface area contributed by atoms with Gasteiger partial charge in [-0.3, -0.25) is 19.7 Å². The summed E-state index contributed by atoms with van der Waals surface area (Å²) in [4.78, 5) is 34.1. The fraction of sp³-hybridized carbons (Fsp3) is 0.176. The van der Waals surface area contributed by atoms with Crippen LogP contribution in [0.3, 0.4) is 0 Å². The number of hydrogen-bond acceptors (Lipinski definition) is 5. The summed E-state index contributed by atoms with van der Waals surface area (Å²) in [6, 6.07) is 8.82. The van der Waals surface area contributed by atoms with E-state index in [0.717, 1.165) is 6.07 Å². The molecule has 8 heteroatoms. The van der Waals surface area contributed by atoms with E-state index in [1.807, 2.05) is 0 Å². The molecule has 0 heterocycles. The number of rotatable bonds is 6. The summed E-state index contributed by atoms with van der Waals surface area (Å²) < 4.78 is 17.9. The van der Waals surface area contributed by atoms with Crippen LogP contribution in [0.25, 0.3) is 0 Å². The first-order chi connectivity index (χ1) is 11.9. The van der Waals surface area contributed by atoms with E-state index < -0.39 is 28.3 Å². The van der Waals surface area contributed by atoms with E-state index in [9.17, 15) is 24.1 Å². The Labute approximate surface area is 142 Å². The van der Waals surface area contributed by atoms with Crippen LogP contribution in [-0.2, 0) is 11.2 Å². The SMILES string of the molecule is CCNC(=O)c1ccc(OC(=O)Cc2ccc(F)cc2)c([N+](=O)[O-])c1. The number of hydrogen-bond donors (Lipinski definition) is 1. The number of amides is 1. The zero-order valence-electron chi connectivity index (χ0n) is 13.3.